The second-order valence-corrected chi connectivity index (χ2v) is 5.58. The van der Waals surface area contributed by atoms with Crippen LogP contribution in [0.5, 0.6) is 0 Å². The highest BCUT2D eigenvalue weighted by Gasteiger charge is 2.16. The summed E-state index contributed by atoms with van der Waals surface area (Å²) >= 11 is 0. The number of pyridine rings is 1. The number of nitrogens with zero attached hydrogens (tertiary/aromatic N) is 1. The molecular weight excluding hydrogens is 242 g/mol. The summed E-state index contributed by atoms with van der Waals surface area (Å²) in [7, 11) is -3.49. The van der Waals surface area contributed by atoms with Gasteiger partial charge in [0.15, 0.2) is 9.84 Å². The first-order valence-electron chi connectivity index (χ1n) is 4.73. The van der Waals surface area contributed by atoms with Crippen molar-refractivity contribution >= 4 is 26.7 Å². The molecule has 5 nitrogen and oxygen atoms in total. The van der Waals surface area contributed by atoms with Crippen LogP contribution in [0.1, 0.15) is 10.5 Å². The average Bonchev–Trinajstić information content (AvgIpc) is 2.26. The molecule has 2 aromatic rings. The van der Waals surface area contributed by atoms with Crippen LogP contribution in [0.2, 0.25) is 0 Å². The summed E-state index contributed by atoms with van der Waals surface area (Å²) in [5, 5.41) is 9.31. The number of sulfone groups is 1. The molecule has 0 saturated heterocycles. The monoisotopic (exact) mass is 251 g/mol. The minimum Gasteiger partial charge on any atom is -0.477 e. The predicted octanol–water partition coefficient (Wildman–Crippen LogP) is 1.34. The first-order valence-corrected chi connectivity index (χ1v) is 6.62. The Kier molecular flexibility index (Phi) is 2.59. The number of hydrogen-bond acceptors (Lipinski definition) is 4. The summed E-state index contributed by atoms with van der Waals surface area (Å²) in [6, 6.07) is 7.62. The molecule has 1 N–H and O–H groups in total. The Morgan fingerprint density at radius 1 is 1.29 bits per heavy atom. The first kappa shape index (κ1) is 11.5. The lowest BCUT2D eigenvalue weighted by molar-refractivity contribution is 0.0690. The van der Waals surface area contributed by atoms with Crippen molar-refractivity contribution in [2.24, 2.45) is 0 Å². The number of rotatable bonds is 2. The molecule has 1 aromatic carbocycles. The van der Waals surface area contributed by atoms with Gasteiger partial charge in [-0.05, 0) is 12.1 Å². The molecule has 0 bridgehead atoms. The Labute approximate surface area is 97.6 Å². The standard InChI is InChI=1S/C11H9NO4S/c1-17(15,16)10-6-9(11(13)14)12-8-5-3-2-4-7(8)10/h2-6H,1H3,(H,13,14). The highest BCUT2D eigenvalue weighted by molar-refractivity contribution is 7.91. The van der Waals surface area contributed by atoms with Crippen molar-refractivity contribution in [1.82, 2.24) is 4.98 Å². The Hall–Kier alpha value is -1.95. The van der Waals surface area contributed by atoms with Gasteiger partial charge in [-0.25, -0.2) is 18.2 Å². The van der Waals surface area contributed by atoms with E-state index in [0.29, 0.717) is 10.9 Å². The minimum absolute atomic E-state index is 0.0134. The SMILES string of the molecule is CS(=O)(=O)c1cc(C(=O)O)nc2ccccc12. The molecular formula is C11H9NO4S. The normalized spacial score (nSPS) is 11.6. The third-order valence-corrected chi connectivity index (χ3v) is 3.43. The van der Waals surface area contributed by atoms with Gasteiger partial charge in [-0.3, -0.25) is 0 Å². The van der Waals surface area contributed by atoms with Crippen molar-refractivity contribution in [3.63, 3.8) is 0 Å². The molecule has 1 aromatic heterocycles. The molecule has 0 saturated carbocycles. The van der Waals surface area contributed by atoms with E-state index in [-0.39, 0.29) is 10.6 Å². The van der Waals surface area contributed by atoms with Crippen LogP contribution in [0, 0.1) is 0 Å². The fraction of sp³-hybridized carbons (Fsp3) is 0.0909. The van der Waals surface area contributed by atoms with Crippen LogP contribution in [0.25, 0.3) is 10.9 Å². The summed E-state index contributed by atoms with van der Waals surface area (Å²) in [5.74, 6) is -1.25. The summed E-state index contributed by atoms with van der Waals surface area (Å²) < 4.78 is 23.2. The number of carbonyl (C=O) groups is 1. The maximum absolute atomic E-state index is 11.6. The van der Waals surface area contributed by atoms with Crippen LogP contribution in [0.4, 0.5) is 0 Å². The second kappa shape index (κ2) is 3.81. The van der Waals surface area contributed by atoms with Crippen LogP contribution < -0.4 is 0 Å². The fourth-order valence-corrected chi connectivity index (χ4v) is 2.46. The highest BCUT2D eigenvalue weighted by atomic mass is 32.2. The van der Waals surface area contributed by atoms with Crippen molar-refractivity contribution in [2.45, 2.75) is 4.90 Å². The van der Waals surface area contributed by atoms with Gasteiger partial charge in [-0.15, -0.1) is 0 Å². The third-order valence-electron chi connectivity index (χ3n) is 2.30. The van der Waals surface area contributed by atoms with Gasteiger partial charge >= 0.3 is 5.97 Å². The molecule has 0 fully saturated rings. The molecule has 0 aliphatic rings. The van der Waals surface area contributed by atoms with Gasteiger partial charge < -0.3 is 5.11 Å². The lowest BCUT2D eigenvalue weighted by atomic mass is 10.2. The molecule has 17 heavy (non-hydrogen) atoms. The number of carboxylic acid groups (broad SMARTS) is 1. The molecule has 0 atom stereocenters. The lowest BCUT2D eigenvalue weighted by Gasteiger charge is -2.05. The van der Waals surface area contributed by atoms with Crippen molar-refractivity contribution in [3.8, 4) is 0 Å². The summed E-state index contributed by atoms with van der Waals surface area (Å²) in [4.78, 5) is 14.7. The first-order chi connectivity index (χ1) is 7.89. The molecule has 0 spiro atoms. The van der Waals surface area contributed by atoms with Crippen molar-refractivity contribution in [2.75, 3.05) is 6.26 Å². The highest BCUT2D eigenvalue weighted by Crippen LogP contribution is 2.22. The Morgan fingerprint density at radius 3 is 2.53 bits per heavy atom. The number of benzene rings is 1. The molecule has 0 radical (unpaired) electrons. The van der Waals surface area contributed by atoms with E-state index in [4.69, 9.17) is 5.11 Å². The average molecular weight is 251 g/mol. The topological polar surface area (TPSA) is 84.3 Å². The largest absolute Gasteiger partial charge is 0.477 e. The molecule has 6 heteroatoms. The van der Waals surface area contributed by atoms with Gasteiger partial charge in [0.05, 0.1) is 10.4 Å². The van der Waals surface area contributed by atoms with E-state index in [1.54, 1.807) is 24.3 Å². The van der Waals surface area contributed by atoms with Gasteiger partial charge in [0.25, 0.3) is 0 Å². The summed E-state index contributed by atoms with van der Waals surface area (Å²) in [6.45, 7) is 0. The van der Waals surface area contributed by atoms with Crippen LogP contribution in [-0.2, 0) is 9.84 Å². The van der Waals surface area contributed by atoms with Gasteiger partial charge in [-0.1, -0.05) is 18.2 Å². The van der Waals surface area contributed by atoms with Gasteiger partial charge in [-0.2, -0.15) is 0 Å². The molecule has 0 unspecified atom stereocenters. The number of carboxylic acids is 1. The Balaban J connectivity index is 2.93. The van der Waals surface area contributed by atoms with Gasteiger partial charge in [0.1, 0.15) is 5.69 Å². The zero-order chi connectivity index (χ0) is 12.6. The van der Waals surface area contributed by atoms with E-state index in [1.807, 2.05) is 0 Å². The van der Waals surface area contributed by atoms with E-state index in [9.17, 15) is 13.2 Å². The predicted molar refractivity (Wildman–Crippen MR) is 61.8 cm³/mol. The number of hydrogen-bond donors (Lipinski definition) is 1. The maximum atomic E-state index is 11.6. The number of fused-ring (bicyclic) bond motifs is 1. The molecule has 0 aliphatic heterocycles. The number of para-hydroxylation sites is 1. The Bertz CT molecular complexity index is 706. The molecule has 88 valence electrons. The minimum atomic E-state index is -3.49. The van der Waals surface area contributed by atoms with Crippen LogP contribution in [0.3, 0.4) is 0 Å². The molecule has 2 rings (SSSR count). The maximum Gasteiger partial charge on any atom is 0.354 e. The van der Waals surface area contributed by atoms with E-state index < -0.39 is 15.8 Å². The van der Waals surface area contributed by atoms with Crippen LogP contribution in [-0.4, -0.2) is 30.7 Å². The van der Waals surface area contributed by atoms with E-state index >= 15 is 0 Å². The summed E-state index contributed by atoms with van der Waals surface area (Å²) in [5.41, 5.74) is 0.0805. The zero-order valence-electron chi connectivity index (χ0n) is 8.91. The van der Waals surface area contributed by atoms with E-state index in [0.717, 1.165) is 12.3 Å². The van der Waals surface area contributed by atoms with E-state index in [2.05, 4.69) is 4.98 Å². The van der Waals surface area contributed by atoms with Crippen LogP contribution in [0.15, 0.2) is 35.2 Å². The van der Waals surface area contributed by atoms with Crippen molar-refractivity contribution < 1.29 is 18.3 Å². The van der Waals surface area contributed by atoms with Crippen molar-refractivity contribution in [1.29, 1.82) is 0 Å². The molecule has 0 aliphatic carbocycles. The van der Waals surface area contributed by atoms with Gasteiger partial charge in [0, 0.05) is 11.6 Å². The van der Waals surface area contributed by atoms with Crippen molar-refractivity contribution in [3.05, 3.63) is 36.0 Å². The number of aromatic nitrogens is 1. The second-order valence-electron chi connectivity index (χ2n) is 3.60. The smallest absolute Gasteiger partial charge is 0.354 e. The zero-order valence-corrected chi connectivity index (χ0v) is 9.73. The van der Waals surface area contributed by atoms with Crippen LogP contribution >= 0.6 is 0 Å². The fourth-order valence-electron chi connectivity index (χ4n) is 1.56. The molecule has 0 amide bonds. The quantitative estimate of drug-likeness (QED) is 0.870. The van der Waals surface area contributed by atoms with E-state index in [1.165, 1.54) is 0 Å². The molecule has 1 heterocycles. The lowest BCUT2D eigenvalue weighted by Crippen LogP contribution is -2.06. The van der Waals surface area contributed by atoms with Gasteiger partial charge in [0.2, 0.25) is 0 Å². The number of aromatic carboxylic acids is 1. The third kappa shape index (κ3) is 2.12. The summed E-state index contributed by atoms with van der Waals surface area (Å²) in [6.07, 6.45) is 1.04. The Morgan fingerprint density at radius 2 is 1.94 bits per heavy atom.